The van der Waals surface area contributed by atoms with Gasteiger partial charge in [0, 0.05) is 41.0 Å². The molecule has 0 radical (unpaired) electrons. The monoisotopic (exact) mass is 460 g/mol. The average molecular weight is 461 g/mol. The lowest BCUT2D eigenvalue weighted by Gasteiger charge is -2.32. The van der Waals surface area contributed by atoms with Crippen molar-refractivity contribution in [3.05, 3.63) is 64.9 Å². The van der Waals surface area contributed by atoms with Crippen molar-refractivity contribution in [3.63, 3.8) is 0 Å². The van der Waals surface area contributed by atoms with E-state index in [0.717, 1.165) is 23.4 Å². The van der Waals surface area contributed by atoms with Crippen LogP contribution in [-0.2, 0) is 4.79 Å². The molecule has 1 aromatic carbocycles. The molecule has 1 N–H and O–H groups in total. The first-order valence-corrected chi connectivity index (χ1v) is 12.0. The number of hydrogen-bond donors (Lipinski definition) is 1. The fraction of sp³-hybridized carbons (Fsp3) is 0.500. The second kappa shape index (κ2) is 10.3. The molecule has 0 bridgehead atoms. The van der Waals surface area contributed by atoms with Crippen LogP contribution in [0.15, 0.2) is 59.3 Å². The number of anilines is 1. The van der Waals surface area contributed by atoms with Crippen LogP contribution in [0.3, 0.4) is 0 Å². The van der Waals surface area contributed by atoms with E-state index < -0.39 is 0 Å². The zero-order valence-electron chi connectivity index (χ0n) is 19.0. The fourth-order valence-corrected chi connectivity index (χ4v) is 5.22. The number of benzene rings is 1. The van der Waals surface area contributed by atoms with E-state index in [1.54, 1.807) is 0 Å². The van der Waals surface area contributed by atoms with E-state index in [0.29, 0.717) is 29.8 Å². The van der Waals surface area contributed by atoms with Crippen molar-refractivity contribution >= 4 is 34.8 Å². The first kappa shape index (κ1) is 23.9. The lowest BCUT2D eigenvalue weighted by atomic mass is 10.0. The number of amides is 1. The highest BCUT2D eigenvalue weighted by Crippen LogP contribution is 2.34. The van der Waals surface area contributed by atoms with Gasteiger partial charge in [0.05, 0.1) is 11.3 Å². The van der Waals surface area contributed by atoms with Gasteiger partial charge in [-0.25, -0.2) is 0 Å². The van der Waals surface area contributed by atoms with Gasteiger partial charge in [-0.2, -0.15) is 0 Å². The first-order chi connectivity index (χ1) is 14.7. The predicted molar refractivity (Wildman–Crippen MR) is 133 cm³/mol. The largest absolute Gasteiger partial charge is 0.353 e. The van der Waals surface area contributed by atoms with Crippen molar-refractivity contribution in [3.8, 4) is 0 Å². The minimum Gasteiger partial charge on any atom is -0.353 e. The summed E-state index contributed by atoms with van der Waals surface area (Å²) in [7, 11) is 0. The highest BCUT2D eigenvalue weighted by Gasteiger charge is 2.31. The average Bonchev–Trinajstić information content (AvgIpc) is 3.03. The minimum atomic E-state index is -0.200. The lowest BCUT2D eigenvalue weighted by molar-refractivity contribution is -0.125. The highest BCUT2D eigenvalue weighted by molar-refractivity contribution is 6.32. The van der Waals surface area contributed by atoms with Crippen LogP contribution in [0.1, 0.15) is 45.6 Å². The van der Waals surface area contributed by atoms with E-state index in [1.165, 1.54) is 12.0 Å². The fourth-order valence-electron chi connectivity index (χ4n) is 4.58. The lowest BCUT2D eigenvalue weighted by Crippen LogP contribution is -2.43. The van der Waals surface area contributed by atoms with Crippen molar-refractivity contribution < 1.29 is 4.79 Å². The Kier molecular flexibility index (Phi) is 7.93. The van der Waals surface area contributed by atoms with E-state index in [-0.39, 0.29) is 23.2 Å². The topological polar surface area (TPSA) is 32.3 Å². The third-order valence-corrected chi connectivity index (χ3v) is 7.13. The van der Waals surface area contributed by atoms with Gasteiger partial charge in [-0.1, -0.05) is 68.8 Å². The standard InChI is InChI=1S/C26H34Cl2N2O/c1-16-6-9-22(10-7-16)30(20(5)23-11-8-21(27)14-24(23)28)15-19(4)26(31)29-25-13-17(2)12-18(25)3/h6-11,17-19,21,25H,5,12-15H2,1-4H3,(H,29,31). The summed E-state index contributed by atoms with van der Waals surface area (Å²) in [6, 6.07) is 8.54. The number of rotatable bonds is 7. The molecule has 3 rings (SSSR count). The second-order valence-corrected chi connectivity index (χ2v) is 10.4. The number of carbonyl (C=O) groups is 1. The Morgan fingerprint density at radius 1 is 1.26 bits per heavy atom. The number of halogens is 2. The van der Waals surface area contributed by atoms with Crippen molar-refractivity contribution in [1.29, 1.82) is 0 Å². The number of aryl methyl sites for hydroxylation is 1. The maximum absolute atomic E-state index is 13.0. The molecule has 0 aromatic heterocycles. The molecule has 0 aliphatic heterocycles. The van der Waals surface area contributed by atoms with Crippen LogP contribution in [0.2, 0.25) is 0 Å². The van der Waals surface area contributed by atoms with Crippen LogP contribution < -0.4 is 10.2 Å². The molecule has 5 unspecified atom stereocenters. The van der Waals surface area contributed by atoms with Gasteiger partial charge in [-0.05, 0) is 43.7 Å². The summed E-state index contributed by atoms with van der Waals surface area (Å²) in [4.78, 5) is 15.1. The van der Waals surface area contributed by atoms with Gasteiger partial charge in [-0.3, -0.25) is 4.79 Å². The summed E-state index contributed by atoms with van der Waals surface area (Å²) < 4.78 is 0. The first-order valence-electron chi connectivity index (χ1n) is 11.2. The van der Waals surface area contributed by atoms with Gasteiger partial charge < -0.3 is 10.2 Å². The number of hydrogen-bond acceptors (Lipinski definition) is 2. The molecule has 3 nitrogen and oxygen atoms in total. The Morgan fingerprint density at radius 2 is 1.94 bits per heavy atom. The summed E-state index contributed by atoms with van der Waals surface area (Å²) in [6.45, 7) is 13.4. The van der Waals surface area contributed by atoms with E-state index >= 15 is 0 Å². The second-order valence-electron chi connectivity index (χ2n) is 9.36. The number of allylic oxidation sites excluding steroid dienone is 3. The molecule has 5 atom stereocenters. The smallest absolute Gasteiger partial charge is 0.224 e. The predicted octanol–water partition coefficient (Wildman–Crippen LogP) is 6.56. The van der Waals surface area contributed by atoms with Crippen LogP contribution >= 0.6 is 23.2 Å². The van der Waals surface area contributed by atoms with Crippen LogP contribution in [0, 0.1) is 24.7 Å². The molecule has 2 aliphatic rings. The SMILES string of the molecule is C=C(C1=C(Cl)CC(Cl)C=C1)N(CC(C)C(=O)NC1CC(C)CC1C)c1ccc(C)cc1. The summed E-state index contributed by atoms with van der Waals surface area (Å²) >= 11 is 12.8. The van der Waals surface area contributed by atoms with Gasteiger partial charge in [-0.15, -0.1) is 11.6 Å². The Bertz CT molecular complexity index is 874. The van der Waals surface area contributed by atoms with E-state index in [2.05, 4.69) is 61.8 Å². The molecule has 0 spiro atoms. The van der Waals surface area contributed by atoms with E-state index in [4.69, 9.17) is 23.2 Å². The molecule has 1 fully saturated rings. The molecule has 31 heavy (non-hydrogen) atoms. The Morgan fingerprint density at radius 3 is 2.52 bits per heavy atom. The molecule has 168 valence electrons. The molecule has 0 saturated heterocycles. The van der Waals surface area contributed by atoms with Crippen molar-refractivity contribution in [1.82, 2.24) is 5.32 Å². The van der Waals surface area contributed by atoms with Gasteiger partial charge >= 0.3 is 0 Å². The summed E-state index contributed by atoms with van der Waals surface area (Å²) in [5.74, 6) is 1.08. The van der Waals surface area contributed by atoms with Gasteiger partial charge in [0.2, 0.25) is 5.91 Å². The molecule has 1 saturated carbocycles. The minimum absolute atomic E-state index is 0.0935. The number of nitrogens with one attached hydrogen (secondary N) is 1. The normalized spacial score (nSPS) is 26.6. The number of alkyl halides is 1. The molecule has 0 heterocycles. The molecule has 1 aromatic rings. The van der Waals surface area contributed by atoms with Crippen LogP contribution in [-0.4, -0.2) is 23.9 Å². The summed E-state index contributed by atoms with van der Waals surface area (Å²) in [5, 5.41) is 3.90. The zero-order chi connectivity index (χ0) is 22.7. The maximum atomic E-state index is 13.0. The van der Waals surface area contributed by atoms with Crippen molar-refractivity contribution in [2.75, 3.05) is 11.4 Å². The summed E-state index contributed by atoms with van der Waals surface area (Å²) in [6.07, 6.45) is 6.70. The molecule has 2 aliphatic carbocycles. The third kappa shape index (κ3) is 5.96. The van der Waals surface area contributed by atoms with E-state index in [1.807, 2.05) is 19.1 Å². The van der Waals surface area contributed by atoms with Crippen LogP contribution in [0.5, 0.6) is 0 Å². The Balaban J connectivity index is 1.79. The van der Waals surface area contributed by atoms with Crippen LogP contribution in [0.25, 0.3) is 0 Å². The van der Waals surface area contributed by atoms with Gasteiger partial charge in [0.25, 0.3) is 0 Å². The molecule has 5 heteroatoms. The number of nitrogens with zero attached hydrogens (tertiary/aromatic N) is 1. The van der Waals surface area contributed by atoms with Gasteiger partial charge in [0.1, 0.15) is 0 Å². The molecular formula is C26H34Cl2N2O. The van der Waals surface area contributed by atoms with E-state index in [9.17, 15) is 4.79 Å². The van der Waals surface area contributed by atoms with Crippen molar-refractivity contribution in [2.45, 2.75) is 58.4 Å². The van der Waals surface area contributed by atoms with Crippen LogP contribution in [0.4, 0.5) is 5.69 Å². The Hall–Kier alpha value is -1.71. The zero-order valence-corrected chi connectivity index (χ0v) is 20.5. The third-order valence-electron chi connectivity index (χ3n) is 6.47. The molecule has 1 amide bonds. The number of carbonyl (C=O) groups excluding carboxylic acids is 1. The Labute approximate surface area is 197 Å². The maximum Gasteiger partial charge on any atom is 0.224 e. The summed E-state index contributed by atoms with van der Waals surface area (Å²) in [5.41, 5.74) is 3.85. The van der Waals surface area contributed by atoms with Gasteiger partial charge in [0.15, 0.2) is 0 Å². The highest BCUT2D eigenvalue weighted by atomic mass is 35.5. The quantitative estimate of drug-likeness (QED) is 0.466. The van der Waals surface area contributed by atoms with Crippen molar-refractivity contribution in [2.24, 2.45) is 17.8 Å². The molecular weight excluding hydrogens is 427 g/mol.